The Hall–Kier alpha value is -2.89. The van der Waals surface area contributed by atoms with Gasteiger partial charge in [0.1, 0.15) is 13.2 Å². The minimum Gasteiger partial charge on any atom is -0.462 e. The van der Waals surface area contributed by atoms with E-state index in [1.54, 1.807) is 0 Å². The molecule has 0 spiro atoms. The Kier molecular flexibility index (Phi) is 53.3. The number of ether oxygens (including phenoxy) is 3. The summed E-state index contributed by atoms with van der Waals surface area (Å²) in [5.41, 5.74) is 0. The molecule has 0 amide bonds. The van der Waals surface area contributed by atoms with Gasteiger partial charge in [0.05, 0.1) is 0 Å². The van der Waals surface area contributed by atoms with E-state index in [2.05, 4.69) is 81.5 Å². The van der Waals surface area contributed by atoms with Gasteiger partial charge in [-0.25, -0.2) is 0 Å². The Labute approximate surface area is 415 Å². The van der Waals surface area contributed by atoms with Crippen molar-refractivity contribution in [1.29, 1.82) is 0 Å². The van der Waals surface area contributed by atoms with Gasteiger partial charge in [0.2, 0.25) is 0 Å². The van der Waals surface area contributed by atoms with Gasteiger partial charge < -0.3 is 14.2 Å². The summed E-state index contributed by atoms with van der Waals surface area (Å²) in [6.07, 6.45) is 69.1. The van der Waals surface area contributed by atoms with E-state index < -0.39 is 6.10 Å². The number of rotatable bonds is 52. The Morgan fingerprint density at radius 3 is 0.866 bits per heavy atom. The largest absolute Gasteiger partial charge is 0.462 e. The van der Waals surface area contributed by atoms with Crippen LogP contribution in [-0.4, -0.2) is 37.2 Å². The maximum Gasteiger partial charge on any atom is 0.306 e. The number of allylic oxidation sites excluding steroid dienone is 10. The van der Waals surface area contributed by atoms with Gasteiger partial charge in [0, 0.05) is 19.3 Å². The minimum atomic E-state index is -0.785. The summed E-state index contributed by atoms with van der Waals surface area (Å²) in [4.78, 5) is 38.2. The first-order valence-electron chi connectivity index (χ1n) is 28.8. The number of carbonyl (C=O) groups excluding carboxylic acids is 3. The van der Waals surface area contributed by atoms with Crippen LogP contribution in [0.25, 0.3) is 0 Å². The fourth-order valence-electron chi connectivity index (χ4n) is 8.09. The van der Waals surface area contributed by atoms with E-state index in [9.17, 15) is 14.4 Å². The molecule has 0 aliphatic carbocycles. The summed E-state index contributed by atoms with van der Waals surface area (Å²) in [5.74, 6) is -0.899. The Morgan fingerprint density at radius 1 is 0.299 bits per heavy atom. The standard InChI is InChI=1S/C61H108O6/c1-4-7-10-13-16-19-22-25-28-30-33-36-39-42-45-48-51-54-60(63)66-57-58(56-65-59(62)53-50-47-44-41-38-35-32-27-24-21-18-15-12-9-6-3)67-61(64)55-52-49-46-43-40-37-34-31-29-26-23-20-17-14-11-8-5-2/h16,18-19,21,25-29,32,58H,4-15,17,20,22-24,30-31,33-57H2,1-3H3/b19-16-,21-18-,28-25-,29-26-,32-27-/t58-/m1/s1. The van der Waals surface area contributed by atoms with Crippen molar-refractivity contribution in [2.24, 2.45) is 0 Å². The van der Waals surface area contributed by atoms with Crippen LogP contribution >= 0.6 is 0 Å². The number of unbranched alkanes of at least 4 members (excludes halogenated alkanes) is 31. The third-order valence-electron chi connectivity index (χ3n) is 12.5. The van der Waals surface area contributed by atoms with Gasteiger partial charge in [-0.3, -0.25) is 14.4 Å². The molecular formula is C61H108O6. The van der Waals surface area contributed by atoms with E-state index in [1.807, 2.05) is 0 Å². The van der Waals surface area contributed by atoms with Crippen molar-refractivity contribution in [2.75, 3.05) is 13.2 Å². The van der Waals surface area contributed by atoms with Crippen molar-refractivity contribution in [3.8, 4) is 0 Å². The molecule has 0 unspecified atom stereocenters. The molecule has 0 heterocycles. The van der Waals surface area contributed by atoms with Gasteiger partial charge in [-0.2, -0.15) is 0 Å². The van der Waals surface area contributed by atoms with E-state index in [0.29, 0.717) is 19.3 Å². The summed E-state index contributed by atoms with van der Waals surface area (Å²) in [6.45, 7) is 6.58. The lowest BCUT2D eigenvalue weighted by Crippen LogP contribution is -2.30. The minimum absolute atomic E-state index is 0.0839. The highest BCUT2D eigenvalue weighted by atomic mass is 16.6. The molecule has 0 aromatic carbocycles. The fraction of sp³-hybridized carbons (Fsp3) is 0.787. The maximum absolute atomic E-state index is 12.9. The predicted octanol–water partition coefficient (Wildman–Crippen LogP) is 19.2. The quantitative estimate of drug-likeness (QED) is 0.0262. The van der Waals surface area contributed by atoms with Gasteiger partial charge in [-0.15, -0.1) is 0 Å². The van der Waals surface area contributed by atoms with Gasteiger partial charge in [0.25, 0.3) is 0 Å². The Bertz CT molecular complexity index is 1210. The van der Waals surface area contributed by atoms with Crippen LogP contribution in [0.4, 0.5) is 0 Å². The molecule has 0 N–H and O–H groups in total. The summed E-state index contributed by atoms with van der Waals surface area (Å²) in [5, 5.41) is 0. The smallest absolute Gasteiger partial charge is 0.306 e. The topological polar surface area (TPSA) is 78.9 Å². The average molecular weight is 938 g/mol. The zero-order valence-electron chi connectivity index (χ0n) is 44.4. The molecule has 6 nitrogen and oxygen atoms in total. The summed E-state index contributed by atoms with van der Waals surface area (Å²) in [6, 6.07) is 0. The van der Waals surface area contributed by atoms with Crippen LogP contribution < -0.4 is 0 Å². The van der Waals surface area contributed by atoms with Crippen molar-refractivity contribution in [3.63, 3.8) is 0 Å². The zero-order valence-corrected chi connectivity index (χ0v) is 44.4. The lowest BCUT2D eigenvalue weighted by molar-refractivity contribution is -0.167. The van der Waals surface area contributed by atoms with Crippen molar-refractivity contribution < 1.29 is 28.6 Å². The van der Waals surface area contributed by atoms with E-state index in [0.717, 1.165) is 89.9 Å². The first-order valence-corrected chi connectivity index (χ1v) is 28.8. The highest BCUT2D eigenvalue weighted by Crippen LogP contribution is 2.15. The second kappa shape index (κ2) is 55.7. The molecule has 0 aromatic rings. The summed E-state index contributed by atoms with van der Waals surface area (Å²) < 4.78 is 16.9. The fourth-order valence-corrected chi connectivity index (χ4v) is 8.09. The molecule has 0 fully saturated rings. The summed E-state index contributed by atoms with van der Waals surface area (Å²) in [7, 11) is 0. The van der Waals surface area contributed by atoms with Gasteiger partial charge in [-0.05, 0) is 109 Å². The maximum atomic E-state index is 12.9. The third-order valence-corrected chi connectivity index (χ3v) is 12.5. The average Bonchev–Trinajstić information content (AvgIpc) is 3.33. The molecule has 6 heteroatoms. The monoisotopic (exact) mass is 937 g/mol. The van der Waals surface area contributed by atoms with E-state index in [-0.39, 0.29) is 31.1 Å². The molecule has 0 saturated carbocycles. The number of esters is 3. The van der Waals surface area contributed by atoms with E-state index in [4.69, 9.17) is 14.2 Å². The highest BCUT2D eigenvalue weighted by molar-refractivity contribution is 5.71. The first-order chi connectivity index (χ1) is 33.0. The summed E-state index contributed by atoms with van der Waals surface area (Å²) >= 11 is 0. The van der Waals surface area contributed by atoms with E-state index >= 15 is 0 Å². The van der Waals surface area contributed by atoms with Crippen molar-refractivity contribution in [2.45, 2.75) is 297 Å². The molecule has 0 saturated heterocycles. The zero-order chi connectivity index (χ0) is 48.6. The van der Waals surface area contributed by atoms with Crippen LogP contribution in [0.5, 0.6) is 0 Å². The molecule has 67 heavy (non-hydrogen) atoms. The lowest BCUT2D eigenvalue weighted by Gasteiger charge is -2.18. The van der Waals surface area contributed by atoms with Crippen molar-refractivity contribution >= 4 is 17.9 Å². The van der Waals surface area contributed by atoms with Crippen LogP contribution in [0.15, 0.2) is 60.8 Å². The second-order valence-electron chi connectivity index (χ2n) is 19.2. The Balaban J connectivity index is 4.41. The van der Waals surface area contributed by atoms with Crippen LogP contribution in [0.3, 0.4) is 0 Å². The van der Waals surface area contributed by atoms with Crippen LogP contribution in [0, 0.1) is 0 Å². The molecule has 388 valence electrons. The molecule has 0 radical (unpaired) electrons. The molecule has 0 aliphatic rings. The van der Waals surface area contributed by atoms with E-state index in [1.165, 1.54) is 161 Å². The SMILES string of the molecule is CCCCC/C=C\C/C=C\CCCCCCCCCC(=O)OC[C@@H](COC(=O)CCCCCCC/C=C\C/C=C\CCCCC)OC(=O)CCCCCCCCC/C=C\CCCCCCCC. The molecule has 0 aromatic heterocycles. The molecule has 0 rings (SSSR count). The molecule has 0 bridgehead atoms. The third kappa shape index (κ3) is 53.9. The molecule has 1 atom stereocenters. The van der Waals surface area contributed by atoms with Crippen LogP contribution in [0.1, 0.15) is 290 Å². The molecule has 0 aliphatic heterocycles. The van der Waals surface area contributed by atoms with Crippen molar-refractivity contribution in [3.05, 3.63) is 60.8 Å². The van der Waals surface area contributed by atoms with Gasteiger partial charge in [-0.1, -0.05) is 223 Å². The second-order valence-corrected chi connectivity index (χ2v) is 19.2. The number of hydrogen-bond acceptors (Lipinski definition) is 6. The predicted molar refractivity (Wildman–Crippen MR) is 288 cm³/mol. The normalized spacial score (nSPS) is 12.5. The van der Waals surface area contributed by atoms with Gasteiger partial charge >= 0.3 is 17.9 Å². The van der Waals surface area contributed by atoms with Gasteiger partial charge in [0.15, 0.2) is 6.10 Å². The highest BCUT2D eigenvalue weighted by Gasteiger charge is 2.19. The van der Waals surface area contributed by atoms with Crippen LogP contribution in [-0.2, 0) is 28.6 Å². The van der Waals surface area contributed by atoms with Crippen LogP contribution in [0.2, 0.25) is 0 Å². The van der Waals surface area contributed by atoms with Crippen molar-refractivity contribution in [1.82, 2.24) is 0 Å². The Morgan fingerprint density at radius 2 is 0.537 bits per heavy atom. The number of hydrogen-bond donors (Lipinski definition) is 0. The molecular weight excluding hydrogens is 829 g/mol. The first kappa shape index (κ1) is 64.1. The number of carbonyl (C=O) groups is 3. The lowest BCUT2D eigenvalue weighted by atomic mass is 10.1.